The van der Waals surface area contributed by atoms with Gasteiger partial charge in [-0.15, -0.1) is 0 Å². The lowest BCUT2D eigenvalue weighted by Gasteiger charge is -2.22. The van der Waals surface area contributed by atoms with Gasteiger partial charge in [0.05, 0.1) is 0 Å². The van der Waals surface area contributed by atoms with E-state index in [1.807, 2.05) is 38.1 Å². The van der Waals surface area contributed by atoms with Gasteiger partial charge in [0.15, 0.2) is 0 Å². The highest BCUT2D eigenvalue weighted by atomic mass is 79.9. The number of nitrogens with one attached hydrogen (secondary N) is 1. The third kappa shape index (κ3) is 3.44. The van der Waals surface area contributed by atoms with Gasteiger partial charge < -0.3 is 5.32 Å². The van der Waals surface area contributed by atoms with Gasteiger partial charge in [-0.3, -0.25) is 0 Å². The number of halogens is 3. The topological polar surface area (TPSA) is 12.0 Å². The highest BCUT2D eigenvalue weighted by Crippen LogP contribution is 2.26. The molecule has 2 aromatic rings. The van der Waals surface area contributed by atoms with Crippen molar-refractivity contribution in [1.29, 1.82) is 0 Å². The van der Waals surface area contributed by atoms with E-state index in [2.05, 4.69) is 21.2 Å². The van der Waals surface area contributed by atoms with Gasteiger partial charge >= 0.3 is 0 Å². The van der Waals surface area contributed by atoms with Crippen molar-refractivity contribution in [3.63, 3.8) is 0 Å². The molecule has 0 bridgehead atoms. The van der Waals surface area contributed by atoms with Crippen LogP contribution in [0.25, 0.3) is 0 Å². The zero-order valence-electron chi connectivity index (χ0n) is 11.3. The average Bonchev–Trinajstić information content (AvgIpc) is 2.41. The fraction of sp³-hybridized carbons (Fsp3) is 0.250. The summed E-state index contributed by atoms with van der Waals surface area (Å²) < 4.78 is 28.0. The standard InChI is InChI=1S/C16H16BrF2N/c1-10(13-5-3-4-6-15(13)17)20-11(2)14-9-12(18)7-8-16(14)19/h3-11,20H,1-2H3/t10-,11?/m0/s1. The van der Waals surface area contributed by atoms with E-state index in [-0.39, 0.29) is 12.1 Å². The Morgan fingerprint density at radius 2 is 1.60 bits per heavy atom. The summed E-state index contributed by atoms with van der Waals surface area (Å²) in [5, 5.41) is 3.28. The second-order valence-corrected chi connectivity index (χ2v) is 5.65. The first-order valence-electron chi connectivity index (χ1n) is 6.44. The van der Waals surface area contributed by atoms with Crippen molar-refractivity contribution in [3.05, 3.63) is 69.7 Å². The fourth-order valence-corrected chi connectivity index (χ4v) is 2.86. The highest BCUT2D eigenvalue weighted by Gasteiger charge is 2.16. The van der Waals surface area contributed by atoms with Crippen LogP contribution in [0.15, 0.2) is 46.9 Å². The second kappa shape index (κ2) is 6.46. The minimum Gasteiger partial charge on any atom is -0.304 e. The maximum absolute atomic E-state index is 13.7. The monoisotopic (exact) mass is 339 g/mol. The van der Waals surface area contributed by atoms with Gasteiger partial charge in [0.2, 0.25) is 0 Å². The Bertz CT molecular complexity index is 601. The molecule has 0 aliphatic heterocycles. The van der Waals surface area contributed by atoms with Crippen LogP contribution >= 0.6 is 15.9 Å². The molecule has 4 heteroatoms. The van der Waals surface area contributed by atoms with Gasteiger partial charge in [-0.05, 0) is 43.7 Å². The molecular weight excluding hydrogens is 324 g/mol. The third-order valence-electron chi connectivity index (χ3n) is 3.30. The molecule has 0 saturated heterocycles. The first kappa shape index (κ1) is 15.1. The minimum absolute atomic E-state index is 0.0169. The Kier molecular flexibility index (Phi) is 4.89. The molecule has 0 aliphatic carbocycles. The molecule has 0 radical (unpaired) electrons. The third-order valence-corrected chi connectivity index (χ3v) is 4.02. The van der Waals surface area contributed by atoms with Crippen LogP contribution in [0.3, 0.4) is 0 Å². The van der Waals surface area contributed by atoms with Gasteiger partial charge in [0, 0.05) is 22.1 Å². The summed E-state index contributed by atoms with van der Waals surface area (Å²) in [5.74, 6) is -0.825. The molecule has 20 heavy (non-hydrogen) atoms. The lowest BCUT2D eigenvalue weighted by Crippen LogP contribution is -2.23. The van der Waals surface area contributed by atoms with Crippen molar-refractivity contribution in [2.24, 2.45) is 0 Å². The largest absolute Gasteiger partial charge is 0.304 e. The van der Waals surface area contributed by atoms with Crippen molar-refractivity contribution in [2.75, 3.05) is 0 Å². The molecule has 0 aromatic heterocycles. The van der Waals surface area contributed by atoms with Gasteiger partial charge in [-0.2, -0.15) is 0 Å². The first-order chi connectivity index (χ1) is 9.49. The van der Waals surface area contributed by atoms with Gasteiger partial charge in [-0.25, -0.2) is 8.78 Å². The zero-order chi connectivity index (χ0) is 14.7. The highest BCUT2D eigenvalue weighted by molar-refractivity contribution is 9.10. The number of benzene rings is 2. The number of rotatable bonds is 4. The van der Waals surface area contributed by atoms with Crippen LogP contribution in [0.4, 0.5) is 8.78 Å². The SMILES string of the molecule is CC(N[C@@H](C)c1ccccc1Br)c1cc(F)ccc1F. The van der Waals surface area contributed by atoms with Crippen LogP contribution in [-0.2, 0) is 0 Å². The maximum atomic E-state index is 13.7. The predicted octanol–water partition coefficient (Wildman–Crippen LogP) is 5.14. The van der Waals surface area contributed by atoms with Gasteiger partial charge in [0.1, 0.15) is 11.6 Å². The van der Waals surface area contributed by atoms with Crippen molar-refractivity contribution in [3.8, 4) is 0 Å². The van der Waals surface area contributed by atoms with E-state index >= 15 is 0 Å². The maximum Gasteiger partial charge on any atom is 0.128 e. The van der Waals surface area contributed by atoms with Crippen LogP contribution in [0.5, 0.6) is 0 Å². The molecule has 0 heterocycles. The van der Waals surface area contributed by atoms with Gasteiger partial charge in [0.25, 0.3) is 0 Å². The van der Waals surface area contributed by atoms with Crippen LogP contribution in [-0.4, -0.2) is 0 Å². The van der Waals surface area contributed by atoms with E-state index in [9.17, 15) is 8.78 Å². The van der Waals surface area contributed by atoms with E-state index in [0.717, 1.165) is 22.2 Å². The first-order valence-corrected chi connectivity index (χ1v) is 7.23. The summed E-state index contributed by atoms with van der Waals surface area (Å²) >= 11 is 3.50. The summed E-state index contributed by atoms with van der Waals surface area (Å²) in [6, 6.07) is 11.1. The molecule has 0 saturated carbocycles. The van der Waals surface area contributed by atoms with Crippen LogP contribution in [0.1, 0.15) is 37.1 Å². The summed E-state index contributed by atoms with van der Waals surface area (Å²) in [7, 11) is 0. The fourth-order valence-electron chi connectivity index (χ4n) is 2.23. The summed E-state index contributed by atoms with van der Waals surface area (Å²) in [5.41, 5.74) is 1.42. The quantitative estimate of drug-likeness (QED) is 0.813. The average molecular weight is 340 g/mol. The Morgan fingerprint density at radius 3 is 2.30 bits per heavy atom. The minimum atomic E-state index is -0.427. The molecular formula is C16H16BrF2N. The van der Waals surface area contributed by atoms with Crippen molar-refractivity contribution in [1.82, 2.24) is 5.32 Å². The molecule has 1 N–H and O–H groups in total. The Labute approximate surface area is 126 Å². The molecule has 0 fully saturated rings. The molecule has 2 rings (SSSR count). The molecule has 1 nitrogen and oxygen atoms in total. The lowest BCUT2D eigenvalue weighted by atomic mass is 10.0. The normalized spacial score (nSPS) is 14.1. The van der Waals surface area contributed by atoms with E-state index in [4.69, 9.17) is 0 Å². The lowest BCUT2D eigenvalue weighted by molar-refractivity contribution is 0.469. The van der Waals surface area contributed by atoms with Crippen LogP contribution in [0, 0.1) is 11.6 Å². The molecule has 2 atom stereocenters. The van der Waals surface area contributed by atoms with E-state index in [1.54, 1.807) is 0 Å². The molecule has 2 aromatic carbocycles. The van der Waals surface area contributed by atoms with E-state index in [1.165, 1.54) is 6.07 Å². The molecule has 1 unspecified atom stereocenters. The van der Waals surface area contributed by atoms with Crippen LogP contribution in [0.2, 0.25) is 0 Å². The Morgan fingerprint density at radius 1 is 0.950 bits per heavy atom. The van der Waals surface area contributed by atoms with Crippen molar-refractivity contribution < 1.29 is 8.78 Å². The Balaban J connectivity index is 2.17. The smallest absolute Gasteiger partial charge is 0.128 e. The number of hydrogen-bond donors (Lipinski definition) is 1. The van der Waals surface area contributed by atoms with Crippen molar-refractivity contribution >= 4 is 15.9 Å². The van der Waals surface area contributed by atoms with Crippen LogP contribution < -0.4 is 5.32 Å². The second-order valence-electron chi connectivity index (χ2n) is 4.80. The Hall–Kier alpha value is -1.26. The summed E-state index contributed by atoms with van der Waals surface area (Å²) in [4.78, 5) is 0. The predicted molar refractivity (Wildman–Crippen MR) is 80.5 cm³/mol. The van der Waals surface area contributed by atoms with Crippen molar-refractivity contribution in [2.45, 2.75) is 25.9 Å². The van der Waals surface area contributed by atoms with Gasteiger partial charge in [-0.1, -0.05) is 34.1 Å². The molecule has 106 valence electrons. The number of hydrogen-bond acceptors (Lipinski definition) is 1. The summed E-state index contributed by atoms with van der Waals surface area (Å²) in [6.45, 7) is 3.82. The molecule has 0 aliphatic rings. The summed E-state index contributed by atoms with van der Waals surface area (Å²) in [6.07, 6.45) is 0. The van der Waals surface area contributed by atoms with E-state index < -0.39 is 11.6 Å². The zero-order valence-corrected chi connectivity index (χ0v) is 12.9. The van der Waals surface area contributed by atoms with E-state index in [0.29, 0.717) is 5.56 Å². The molecule has 0 spiro atoms. The molecule has 0 amide bonds.